The number of thiazole rings is 1. The lowest BCUT2D eigenvalue weighted by Gasteiger charge is -2.34. The minimum Gasteiger partial charge on any atom is -0.411 e. The first-order valence-corrected chi connectivity index (χ1v) is 8.38. The monoisotopic (exact) mass is 316 g/mol. The summed E-state index contributed by atoms with van der Waals surface area (Å²) in [6.45, 7) is 4.97. The Balaban J connectivity index is 1.49. The van der Waals surface area contributed by atoms with E-state index in [1.165, 1.54) is 0 Å². The van der Waals surface area contributed by atoms with Gasteiger partial charge in [-0.25, -0.2) is 4.98 Å². The van der Waals surface area contributed by atoms with Crippen molar-refractivity contribution in [3.8, 4) is 0 Å². The molecule has 1 N–H and O–H groups in total. The molecule has 6 heteroatoms. The second-order valence-electron chi connectivity index (χ2n) is 5.31. The Kier molecular flexibility index (Phi) is 5.03. The minimum atomic E-state index is 0.753. The molecule has 116 valence electrons. The molecule has 2 aromatic rings. The fourth-order valence-corrected chi connectivity index (χ4v) is 3.38. The molecule has 0 unspecified atom stereocenters. The SMILES string of the molecule is ON=C(CCN1CCN(c2nccs2)CC1)c1ccccc1. The maximum absolute atomic E-state index is 9.23. The summed E-state index contributed by atoms with van der Waals surface area (Å²) in [5.41, 5.74) is 1.74. The zero-order valence-corrected chi connectivity index (χ0v) is 13.2. The predicted molar refractivity (Wildman–Crippen MR) is 90.1 cm³/mol. The summed E-state index contributed by atoms with van der Waals surface area (Å²) in [5, 5.41) is 15.8. The maximum atomic E-state index is 9.23. The van der Waals surface area contributed by atoms with E-state index >= 15 is 0 Å². The van der Waals surface area contributed by atoms with Gasteiger partial charge in [0.1, 0.15) is 0 Å². The van der Waals surface area contributed by atoms with Crippen molar-refractivity contribution in [1.82, 2.24) is 9.88 Å². The first-order chi connectivity index (χ1) is 10.9. The van der Waals surface area contributed by atoms with E-state index < -0.39 is 0 Å². The van der Waals surface area contributed by atoms with Gasteiger partial charge in [-0.05, 0) is 5.56 Å². The van der Waals surface area contributed by atoms with Gasteiger partial charge in [0.25, 0.3) is 0 Å². The van der Waals surface area contributed by atoms with Crippen LogP contribution >= 0.6 is 11.3 Å². The molecular formula is C16H20N4OS. The molecule has 0 radical (unpaired) electrons. The van der Waals surface area contributed by atoms with Crippen molar-refractivity contribution in [3.05, 3.63) is 47.5 Å². The molecule has 0 spiro atoms. The van der Waals surface area contributed by atoms with E-state index in [4.69, 9.17) is 0 Å². The van der Waals surface area contributed by atoms with Crippen LogP contribution in [-0.4, -0.2) is 53.5 Å². The molecule has 3 rings (SSSR count). The highest BCUT2D eigenvalue weighted by atomic mass is 32.1. The summed E-state index contributed by atoms with van der Waals surface area (Å²) in [5.74, 6) is 0. The molecule has 1 aliphatic rings. The Morgan fingerprint density at radius 3 is 2.59 bits per heavy atom. The van der Waals surface area contributed by atoms with Gasteiger partial charge in [-0.15, -0.1) is 11.3 Å². The van der Waals surface area contributed by atoms with Crippen LogP contribution in [0, 0.1) is 0 Å². The Morgan fingerprint density at radius 1 is 1.18 bits per heavy atom. The van der Waals surface area contributed by atoms with Crippen molar-refractivity contribution >= 4 is 22.2 Å². The number of nitrogens with zero attached hydrogens (tertiary/aromatic N) is 4. The molecular weight excluding hydrogens is 296 g/mol. The van der Waals surface area contributed by atoms with E-state index in [2.05, 4.69) is 19.9 Å². The molecule has 22 heavy (non-hydrogen) atoms. The summed E-state index contributed by atoms with van der Waals surface area (Å²) >= 11 is 1.69. The van der Waals surface area contributed by atoms with Crippen molar-refractivity contribution in [2.75, 3.05) is 37.6 Å². The highest BCUT2D eigenvalue weighted by Gasteiger charge is 2.19. The number of hydrogen-bond acceptors (Lipinski definition) is 6. The molecule has 2 heterocycles. The van der Waals surface area contributed by atoms with E-state index in [9.17, 15) is 5.21 Å². The average molecular weight is 316 g/mol. The van der Waals surface area contributed by atoms with Crippen LogP contribution in [0.5, 0.6) is 0 Å². The van der Waals surface area contributed by atoms with Gasteiger partial charge >= 0.3 is 0 Å². The second-order valence-corrected chi connectivity index (χ2v) is 6.18. The smallest absolute Gasteiger partial charge is 0.185 e. The normalized spacial score (nSPS) is 16.9. The van der Waals surface area contributed by atoms with Gasteiger partial charge in [0.15, 0.2) is 5.13 Å². The summed E-state index contributed by atoms with van der Waals surface area (Å²) < 4.78 is 0. The van der Waals surface area contributed by atoms with E-state index in [1.54, 1.807) is 11.3 Å². The van der Waals surface area contributed by atoms with Gasteiger partial charge < -0.3 is 10.1 Å². The third-order valence-electron chi connectivity index (χ3n) is 3.95. The number of piperazine rings is 1. The number of rotatable bonds is 5. The van der Waals surface area contributed by atoms with Crippen LogP contribution in [0.4, 0.5) is 5.13 Å². The summed E-state index contributed by atoms with van der Waals surface area (Å²) in [6.07, 6.45) is 2.62. The predicted octanol–water partition coefficient (Wildman–Crippen LogP) is 2.53. The van der Waals surface area contributed by atoms with Crippen molar-refractivity contribution in [2.45, 2.75) is 6.42 Å². The van der Waals surface area contributed by atoms with Crippen molar-refractivity contribution in [1.29, 1.82) is 0 Å². The molecule has 1 aliphatic heterocycles. The largest absolute Gasteiger partial charge is 0.411 e. The summed E-state index contributed by atoms with van der Waals surface area (Å²) in [6, 6.07) is 9.86. The Labute approximate surface area is 134 Å². The zero-order chi connectivity index (χ0) is 15.2. The van der Waals surface area contributed by atoms with Crippen LogP contribution in [-0.2, 0) is 0 Å². The Morgan fingerprint density at radius 2 is 1.95 bits per heavy atom. The van der Waals surface area contributed by atoms with E-state index in [0.29, 0.717) is 0 Å². The minimum absolute atomic E-state index is 0.753. The highest BCUT2D eigenvalue weighted by Crippen LogP contribution is 2.19. The zero-order valence-electron chi connectivity index (χ0n) is 12.4. The van der Waals surface area contributed by atoms with Gasteiger partial charge in [-0.3, -0.25) is 4.90 Å². The van der Waals surface area contributed by atoms with Crippen LogP contribution in [0.15, 0.2) is 47.1 Å². The lowest BCUT2D eigenvalue weighted by atomic mass is 10.1. The summed E-state index contributed by atoms with van der Waals surface area (Å²) in [4.78, 5) is 9.11. The van der Waals surface area contributed by atoms with Gasteiger partial charge in [-0.2, -0.15) is 0 Å². The molecule has 0 bridgehead atoms. The van der Waals surface area contributed by atoms with Gasteiger partial charge in [0.05, 0.1) is 5.71 Å². The van der Waals surface area contributed by atoms with Crippen molar-refractivity contribution in [2.24, 2.45) is 5.16 Å². The van der Waals surface area contributed by atoms with Crippen LogP contribution in [0.2, 0.25) is 0 Å². The molecule has 1 saturated heterocycles. The van der Waals surface area contributed by atoms with Crippen LogP contribution < -0.4 is 4.90 Å². The first kappa shape index (κ1) is 15.0. The molecule has 0 atom stereocenters. The third kappa shape index (κ3) is 3.64. The molecule has 1 aromatic carbocycles. The second kappa shape index (κ2) is 7.38. The Bertz CT molecular complexity index is 592. The van der Waals surface area contributed by atoms with Gasteiger partial charge in [0.2, 0.25) is 0 Å². The van der Waals surface area contributed by atoms with Crippen LogP contribution in [0.3, 0.4) is 0 Å². The fourth-order valence-electron chi connectivity index (χ4n) is 2.68. The van der Waals surface area contributed by atoms with Crippen molar-refractivity contribution < 1.29 is 5.21 Å². The number of hydrogen-bond donors (Lipinski definition) is 1. The third-order valence-corrected chi connectivity index (χ3v) is 4.79. The molecule has 1 fully saturated rings. The molecule has 0 amide bonds. The van der Waals surface area contributed by atoms with Crippen LogP contribution in [0.25, 0.3) is 0 Å². The summed E-state index contributed by atoms with van der Waals surface area (Å²) in [7, 11) is 0. The number of aromatic nitrogens is 1. The van der Waals surface area contributed by atoms with Gasteiger partial charge in [-0.1, -0.05) is 35.5 Å². The fraction of sp³-hybridized carbons (Fsp3) is 0.375. The van der Waals surface area contributed by atoms with Crippen molar-refractivity contribution in [3.63, 3.8) is 0 Å². The van der Waals surface area contributed by atoms with Gasteiger partial charge in [0, 0.05) is 50.7 Å². The molecule has 0 aliphatic carbocycles. The standard InChI is InChI=1S/C16H20N4OS/c21-18-15(14-4-2-1-3-5-14)6-8-19-9-11-20(12-10-19)16-17-7-13-22-16/h1-5,7,13,21H,6,8-12H2. The maximum Gasteiger partial charge on any atom is 0.185 e. The molecule has 5 nitrogen and oxygen atoms in total. The van der Waals surface area contributed by atoms with Crippen LogP contribution in [0.1, 0.15) is 12.0 Å². The molecule has 1 aromatic heterocycles. The number of oxime groups is 1. The Hall–Kier alpha value is -1.92. The lowest BCUT2D eigenvalue weighted by molar-refractivity contribution is 0.262. The average Bonchev–Trinajstić information content (AvgIpc) is 3.11. The number of benzene rings is 1. The quantitative estimate of drug-likeness (QED) is 0.523. The highest BCUT2D eigenvalue weighted by molar-refractivity contribution is 7.13. The van der Waals surface area contributed by atoms with E-state index in [-0.39, 0.29) is 0 Å². The van der Waals surface area contributed by atoms with E-state index in [0.717, 1.165) is 55.6 Å². The first-order valence-electron chi connectivity index (χ1n) is 7.50. The number of anilines is 1. The molecule has 0 saturated carbocycles. The lowest BCUT2D eigenvalue weighted by Crippen LogP contribution is -2.46. The van der Waals surface area contributed by atoms with E-state index in [1.807, 2.05) is 41.9 Å². The topological polar surface area (TPSA) is 52.0 Å².